The number of carbonyl (C=O) groups excluding carboxylic acids is 2. The Morgan fingerprint density at radius 1 is 1.07 bits per heavy atom. The van der Waals surface area contributed by atoms with Crippen molar-refractivity contribution in [2.75, 3.05) is 13.1 Å². The summed E-state index contributed by atoms with van der Waals surface area (Å²) in [6.07, 6.45) is 12.2. The summed E-state index contributed by atoms with van der Waals surface area (Å²) in [5.74, 6) is -1.73. The Kier molecular flexibility index (Phi) is 10.7. The molecule has 1 N–H and O–H groups in total. The number of carbonyl (C=O) groups is 2. The van der Waals surface area contributed by atoms with Gasteiger partial charge in [-0.2, -0.15) is 5.10 Å². The fourth-order valence-electron chi connectivity index (χ4n) is 6.20. The lowest BCUT2D eigenvalue weighted by molar-refractivity contribution is -0.136. The van der Waals surface area contributed by atoms with Crippen molar-refractivity contribution in [3.8, 4) is 0 Å². The number of aromatic nitrogens is 3. The van der Waals surface area contributed by atoms with Crippen molar-refractivity contribution in [2.45, 2.75) is 77.3 Å². The van der Waals surface area contributed by atoms with Crippen molar-refractivity contribution in [2.24, 2.45) is 5.41 Å². The molecule has 2 aromatic heterocycles. The zero-order valence-electron chi connectivity index (χ0n) is 25.5. The summed E-state index contributed by atoms with van der Waals surface area (Å²) in [6, 6.07) is 10.8. The van der Waals surface area contributed by atoms with Crippen molar-refractivity contribution in [3.63, 3.8) is 0 Å². The number of hydrogen-bond donors (Lipinski definition) is 1. The zero-order valence-corrected chi connectivity index (χ0v) is 26.3. The minimum Gasteiger partial charge on any atom is -0.451 e. The molecule has 9 nitrogen and oxygen atoms in total. The molecule has 3 heterocycles. The molecule has 0 unspecified atom stereocenters. The highest BCUT2D eigenvalue weighted by Crippen LogP contribution is 2.38. The Labute approximate surface area is 266 Å². The Balaban J connectivity index is 1.32. The van der Waals surface area contributed by atoms with E-state index in [1.54, 1.807) is 24.8 Å². The number of benzene rings is 2. The predicted octanol–water partition coefficient (Wildman–Crippen LogP) is 6.19. The van der Waals surface area contributed by atoms with E-state index in [0.29, 0.717) is 18.1 Å². The van der Waals surface area contributed by atoms with Crippen LogP contribution in [0.15, 0.2) is 70.4 Å². The maximum absolute atomic E-state index is 14.0. The van der Waals surface area contributed by atoms with Gasteiger partial charge in [-0.15, -0.1) is 0 Å². The van der Waals surface area contributed by atoms with E-state index in [1.807, 2.05) is 21.7 Å². The largest absolute Gasteiger partial charge is 0.451 e. The summed E-state index contributed by atoms with van der Waals surface area (Å²) in [5, 5.41) is 7.77. The average molecular weight is 636 g/mol. The summed E-state index contributed by atoms with van der Waals surface area (Å²) in [6.45, 7) is 4.05. The van der Waals surface area contributed by atoms with Gasteiger partial charge in [-0.1, -0.05) is 62.8 Å². The summed E-state index contributed by atoms with van der Waals surface area (Å²) in [5.41, 5.74) is 0.359. The molecule has 0 spiro atoms. The second kappa shape index (κ2) is 14.8. The van der Waals surface area contributed by atoms with Crippen LogP contribution in [-0.4, -0.2) is 50.6 Å². The third kappa shape index (κ3) is 8.36. The number of rotatable bonds is 13. The van der Waals surface area contributed by atoms with Crippen molar-refractivity contribution in [1.29, 1.82) is 0 Å². The van der Waals surface area contributed by atoms with Crippen molar-refractivity contribution >= 4 is 34.4 Å². The van der Waals surface area contributed by atoms with Gasteiger partial charge >= 0.3 is 0 Å². The molecule has 0 aliphatic carbocycles. The van der Waals surface area contributed by atoms with E-state index in [2.05, 4.69) is 22.3 Å². The van der Waals surface area contributed by atoms with Gasteiger partial charge < -0.3 is 14.6 Å². The lowest BCUT2D eigenvalue weighted by Crippen LogP contribution is -2.53. The highest BCUT2D eigenvalue weighted by atomic mass is 35.5. The fraction of sp³-hybridized carbons (Fsp3) is 0.441. The molecule has 1 atom stereocenters. The van der Waals surface area contributed by atoms with E-state index in [4.69, 9.17) is 16.0 Å². The van der Waals surface area contributed by atoms with E-state index in [9.17, 15) is 18.8 Å². The van der Waals surface area contributed by atoms with Gasteiger partial charge in [0.05, 0.1) is 5.39 Å². The van der Waals surface area contributed by atoms with Gasteiger partial charge in [0.1, 0.15) is 30.1 Å². The number of nitrogens with zero attached hydrogens (tertiary/aromatic N) is 4. The lowest BCUT2D eigenvalue weighted by Gasteiger charge is -2.43. The number of piperidine rings is 1. The van der Waals surface area contributed by atoms with E-state index in [1.165, 1.54) is 31.7 Å². The summed E-state index contributed by atoms with van der Waals surface area (Å²) < 4.78 is 21.2. The number of likely N-dealkylation sites (tertiary alicyclic amines) is 1. The Morgan fingerprint density at radius 3 is 2.53 bits per heavy atom. The molecule has 0 radical (unpaired) electrons. The first-order valence-corrected chi connectivity index (χ1v) is 16.0. The maximum Gasteiger partial charge on any atom is 0.287 e. The Morgan fingerprint density at radius 2 is 1.82 bits per heavy atom. The van der Waals surface area contributed by atoms with Gasteiger partial charge in [-0.25, -0.2) is 9.37 Å². The smallest absolute Gasteiger partial charge is 0.287 e. The van der Waals surface area contributed by atoms with Gasteiger partial charge in [0, 0.05) is 37.1 Å². The molecule has 238 valence electrons. The topological polar surface area (TPSA) is 110 Å². The normalized spacial score (nSPS) is 15.2. The average Bonchev–Trinajstić information content (AvgIpc) is 3.54. The molecule has 4 aromatic rings. The van der Waals surface area contributed by atoms with Crippen LogP contribution in [0.2, 0.25) is 5.02 Å². The van der Waals surface area contributed by atoms with E-state index in [0.717, 1.165) is 56.0 Å². The summed E-state index contributed by atoms with van der Waals surface area (Å²) >= 11 is 6.09. The number of hydrogen-bond acceptors (Lipinski definition) is 6. The lowest BCUT2D eigenvalue weighted by atomic mass is 9.74. The van der Waals surface area contributed by atoms with Crippen molar-refractivity contribution < 1.29 is 18.4 Å². The minimum atomic E-state index is -0.912. The standard InChI is InChI=1S/C34H39ClFN5O4/c1-2-3-4-5-6-13-34(21-41-23-37-22-38-41)14-16-40(17-15-34)33(44)28(18-24-7-9-25(35)10-8-24)39-32(43)31-20-29(42)27-19-26(36)11-12-30(27)45-31/h7-12,19-20,22-23,28H,2-6,13-18,21H2,1H3,(H,39,43)/t28-/m1/s1. The molecule has 11 heteroatoms. The molecule has 1 aliphatic rings. The number of fused-ring (bicyclic) bond motifs is 1. The van der Waals surface area contributed by atoms with Crippen molar-refractivity contribution in [3.05, 3.63) is 93.6 Å². The maximum atomic E-state index is 14.0. The van der Waals surface area contributed by atoms with Crippen LogP contribution in [0.4, 0.5) is 4.39 Å². The quantitative estimate of drug-likeness (QED) is 0.176. The first-order valence-electron chi connectivity index (χ1n) is 15.7. The number of halogens is 2. The molecule has 1 aliphatic heterocycles. The SMILES string of the molecule is CCCCCCCC1(Cn2cncn2)CCN(C(=O)[C@@H](Cc2ccc(Cl)cc2)NC(=O)c2cc(=O)c3cc(F)ccc3o2)CC1. The molecule has 2 amide bonds. The third-order valence-corrected chi connectivity index (χ3v) is 9.03. The zero-order chi connectivity index (χ0) is 31.8. The monoisotopic (exact) mass is 635 g/mol. The second-order valence-electron chi connectivity index (χ2n) is 12.1. The van der Waals surface area contributed by atoms with Gasteiger partial charge in [-0.3, -0.25) is 19.1 Å². The fourth-order valence-corrected chi connectivity index (χ4v) is 6.32. The molecule has 0 bridgehead atoms. The van der Waals surface area contributed by atoms with Gasteiger partial charge in [0.25, 0.3) is 5.91 Å². The number of nitrogens with one attached hydrogen (secondary N) is 1. The van der Waals surface area contributed by atoms with Crippen molar-refractivity contribution in [1.82, 2.24) is 25.0 Å². The first-order chi connectivity index (χ1) is 21.7. The highest BCUT2D eigenvalue weighted by Gasteiger charge is 2.38. The van der Waals surface area contributed by atoms with E-state index < -0.39 is 23.2 Å². The predicted molar refractivity (Wildman–Crippen MR) is 170 cm³/mol. The van der Waals surface area contributed by atoms with Crippen LogP contribution in [0, 0.1) is 11.2 Å². The van der Waals surface area contributed by atoms with Crippen LogP contribution in [0.3, 0.4) is 0 Å². The Bertz CT molecular complexity index is 1650. The minimum absolute atomic E-state index is 0.000402. The Hall–Kier alpha value is -4.05. The van der Waals surface area contributed by atoms with Crippen LogP contribution in [0.5, 0.6) is 0 Å². The molecular formula is C34H39ClFN5O4. The third-order valence-electron chi connectivity index (χ3n) is 8.78. The number of unbranched alkanes of at least 4 members (excludes halogenated alkanes) is 4. The molecule has 1 fully saturated rings. The first kappa shape index (κ1) is 32.3. The van der Waals surface area contributed by atoms with Gasteiger partial charge in [-0.05, 0) is 60.6 Å². The van der Waals surface area contributed by atoms with Crippen LogP contribution in [0.1, 0.15) is 74.4 Å². The number of amides is 2. The highest BCUT2D eigenvalue weighted by molar-refractivity contribution is 6.30. The van der Waals surface area contributed by atoms with Crippen LogP contribution >= 0.6 is 11.6 Å². The van der Waals surface area contributed by atoms with Crippen LogP contribution in [0.25, 0.3) is 11.0 Å². The van der Waals surface area contributed by atoms with Crippen LogP contribution in [-0.2, 0) is 17.8 Å². The van der Waals surface area contributed by atoms with E-state index >= 15 is 0 Å². The second-order valence-corrected chi connectivity index (χ2v) is 12.5. The molecular weight excluding hydrogens is 597 g/mol. The molecule has 0 saturated carbocycles. The molecule has 1 saturated heterocycles. The van der Waals surface area contributed by atoms with Crippen LogP contribution < -0.4 is 10.7 Å². The molecule has 5 rings (SSSR count). The molecule has 2 aromatic carbocycles. The molecule has 45 heavy (non-hydrogen) atoms. The summed E-state index contributed by atoms with van der Waals surface area (Å²) in [7, 11) is 0. The van der Waals surface area contributed by atoms with E-state index in [-0.39, 0.29) is 34.5 Å². The summed E-state index contributed by atoms with van der Waals surface area (Å²) in [4.78, 5) is 46.0. The van der Waals surface area contributed by atoms with Gasteiger partial charge in [0.15, 0.2) is 11.2 Å². The van der Waals surface area contributed by atoms with Gasteiger partial charge in [0.2, 0.25) is 5.91 Å².